The number of aryl methyl sites for hydroxylation is 2. The summed E-state index contributed by atoms with van der Waals surface area (Å²) >= 11 is 0. The first-order valence-electron chi connectivity index (χ1n) is 13.4. The zero-order chi connectivity index (χ0) is 27.2. The molecule has 2 N–H and O–H groups in total. The van der Waals surface area contributed by atoms with E-state index in [-0.39, 0.29) is 11.8 Å². The SMILES string of the molecule is CCC(O)(C=Cc1ccc(C(CC)(CC)c2ccc(-c3cncc(CC(=O)O)c3)c(C)c2)cc1C)CC. The molecule has 0 saturated carbocycles. The second-order valence-electron chi connectivity index (χ2n) is 10.2. The number of carboxylic acid groups (broad SMARTS) is 1. The third kappa shape index (κ3) is 6.19. The molecule has 4 heteroatoms. The van der Waals surface area contributed by atoms with Crippen molar-refractivity contribution in [2.75, 3.05) is 0 Å². The lowest BCUT2D eigenvalue weighted by Crippen LogP contribution is -2.26. The molecular formula is C33H41NO3. The van der Waals surface area contributed by atoms with Crippen LogP contribution in [0, 0.1) is 13.8 Å². The maximum absolute atomic E-state index is 11.1. The fraction of sp³-hybridized carbons (Fsp3) is 0.394. The van der Waals surface area contributed by atoms with Gasteiger partial charge in [0.1, 0.15) is 0 Å². The van der Waals surface area contributed by atoms with Gasteiger partial charge in [-0.05, 0) is 84.5 Å². The van der Waals surface area contributed by atoms with Crippen molar-refractivity contribution in [3.63, 3.8) is 0 Å². The largest absolute Gasteiger partial charge is 0.481 e. The molecule has 3 aromatic rings. The summed E-state index contributed by atoms with van der Waals surface area (Å²) in [6.45, 7) is 12.8. The molecule has 0 aliphatic heterocycles. The van der Waals surface area contributed by atoms with Crippen LogP contribution in [0.15, 0.2) is 60.9 Å². The molecule has 0 spiro atoms. The monoisotopic (exact) mass is 499 g/mol. The van der Waals surface area contributed by atoms with E-state index in [4.69, 9.17) is 5.11 Å². The van der Waals surface area contributed by atoms with Gasteiger partial charge in [0.15, 0.2) is 0 Å². The summed E-state index contributed by atoms with van der Waals surface area (Å²) in [5.41, 5.74) is 7.88. The summed E-state index contributed by atoms with van der Waals surface area (Å²) in [4.78, 5) is 15.4. The Balaban J connectivity index is 2.00. The zero-order valence-corrected chi connectivity index (χ0v) is 23.1. The van der Waals surface area contributed by atoms with Crippen molar-refractivity contribution in [2.24, 2.45) is 0 Å². The lowest BCUT2D eigenvalue weighted by atomic mass is 9.69. The van der Waals surface area contributed by atoms with Gasteiger partial charge in [0.2, 0.25) is 0 Å². The predicted octanol–water partition coefficient (Wildman–Crippen LogP) is 7.66. The van der Waals surface area contributed by atoms with E-state index in [0.29, 0.717) is 18.4 Å². The Bertz CT molecular complexity index is 1270. The van der Waals surface area contributed by atoms with Crippen LogP contribution in [0.4, 0.5) is 0 Å². The minimum Gasteiger partial charge on any atom is -0.481 e. The quantitative estimate of drug-likeness (QED) is 0.284. The topological polar surface area (TPSA) is 70.4 Å². The molecule has 0 aliphatic carbocycles. The smallest absolute Gasteiger partial charge is 0.307 e. The molecule has 3 rings (SSSR count). The van der Waals surface area contributed by atoms with E-state index < -0.39 is 11.6 Å². The van der Waals surface area contributed by atoms with E-state index in [9.17, 15) is 9.90 Å². The van der Waals surface area contributed by atoms with Gasteiger partial charge in [0.05, 0.1) is 12.0 Å². The van der Waals surface area contributed by atoms with Gasteiger partial charge in [0.25, 0.3) is 0 Å². The molecule has 0 radical (unpaired) electrons. The molecule has 1 heterocycles. The Morgan fingerprint density at radius 2 is 1.49 bits per heavy atom. The molecular weight excluding hydrogens is 458 g/mol. The van der Waals surface area contributed by atoms with Crippen LogP contribution >= 0.6 is 0 Å². The average Bonchev–Trinajstić information content (AvgIpc) is 2.89. The normalized spacial score (nSPS) is 12.3. The summed E-state index contributed by atoms with van der Waals surface area (Å²) in [6, 6.07) is 15.3. The second-order valence-corrected chi connectivity index (χ2v) is 10.2. The fourth-order valence-electron chi connectivity index (χ4n) is 5.32. The maximum atomic E-state index is 11.1. The van der Waals surface area contributed by atoms with Crippen molar-refractivity contribution in [1.29, 1.82) is 0 Å². The highest BCUT2D eigenvalue weighted by Gasteiger charge is 2.31. The Morgan fingerprint density at radius 1 is 0.865 bits per heavy atom. The molecule has 0 saturated heterocycles. The van der Waals surface area contributed by atoms with Gasteiger partial charge in [-0.2, -0.15) is 0 Å². The number of benzene rings is 2. The fourth-order valence-corrected chi connectivity index (χ4v) is 5.32. The molecule has 0 bridgehead atoms. The number of aromatic nitrogens is 1. The number of rotatable bonds is 11. The van der Waals surface area contributed by atoms with Crippen LogP contribution in [0.2, 0.25) is 0 Å². The van der Waals surface area contributed by atoms with Crippen molar-refractivity contribution >= 4 is 12.0 Å². The Morgan fingerprint density at radius 3 is 2.03 bits per heavy atom. The van der Waals surface area contributed by atoms with E-state index in [1.165, 1.54) is 16.7 Å². The van der Waals surface area contributed by atoms with Crippen LogP contribution in [0.5, 0.6) is 0 Å². The van der Waals surface area contributed by atoms with Crippen LogP contribution in [-0.4, -0.2) is 26.8 Å². The first-order chi connectivity index (χ1) is 17.6. The zero-order valence-electron chi connectivity index (χ0n) is 23.1. The first kappa shape index (κ1) is 28.3. The molecule has 0 unspecified atom stereocenters. The molecule has 0 aliphatic rings. The highest BCUT2D eigenvalue weighted by Crippen LogP contribution is 2.41. The van der Waals surface area contributed by atoms with Crippen molar-refractivity contribution in [1.82, 2.24) is 4.98 Å². The number of carboxylic acids is 1. The number of aliphatic hydroxyl groups is 1. The number of nitrogens with zero attached hydrogens (tertiary/aromatic N) is 1. The van der Waals surface area contributed by atoms with Crippen LogP contribution in [0.25, 0.3) is 17.2 Å². The lowest BCUT2D eigenvalue weighted by molar-refractivity contribution is -0.136. The molecule has 1 aromatic heterocycles. The van der Waals surface area contributed by atoms with E-state index in [1.54, 1.807) is 12.4 Å². The van der Waals surface area contributed by atoms with E-state index in [0.717, 1.165) is 35.1 Å². The molecule has 2 aromatic carbocycles. The summed E-state index contributed by atoms with van der Waals surface area (Å²) < 4.78 is 0. The Labute approximate surface area is 222 Å². The lowest BCUT2D eigenvalue weighted by Gasteiger charge is -2.34. The van der Waals surface area contributed by atoms with Gasteiger partial charge in [-0.3, -0.25) is 9.78 Å². The highest BCUT2D eigenvalue weighted by atomic mass is 16.4. The summed E-state index contributed by atoms with van der Waals surface area (Å²) in [6.07, 6.45) is 10.7. The molecule has 37 heavy (non-hydrogen) atoms. The number of carbonyl (C=O) groups is 1. The van der Waals surface area contributed by atoms with Gasteiger partial charge in [0, 0.05) is 23.4 Å². The number of hydrogen-bond acceptors (Lipinski definition) is 3. The summed E-state index contributed by atoms with van der Waals surface area (Å²) in [5.74, 6) is -0.857. The van der Waals surface area contributed by atoms with Gasteiger partial charge >= 0.3 is 5.97 Å². The highest BCUT2D eigenvalue weighted by molar-refractivity contribution is 5.73. The summed E-state index contributed by atoms with van der Waals surface area (Å²) in [7, 11) is 0. The van der Waals surface area contributed by atoms with Crippen molar-refractivity contribution < 1.29 is 15.0 Å². The number of aliphatic carboxylic acids is 1. The number of pyridine rings is 1. The third-order valence-electron chi connectivity index (χ3n) is 8.07. The van der Waals surface area contributed by atoms with Crippen LogP contribution in [-0.2, 0) is 16.6 Å². The number of hydrogen-bond donors (Lipinski definition) is 2. The molecule has 196 valence electrons. The minimum atomic E-state index is -0.857. The van der Waals surface area contributed by atoms with Gasteiger partial charge < -0.3 is 10.2 Å². The van der Waals surface area contributed by atoms with Crippen LogP contribution in [0.3, 0.4) is 0 Å². The molecule has 4 nitrogen and oxygen atoms in total. The Kier molecular flexibility index (Phi) is 9.09. The minimum absolute atomic E-state index is 0.0343. The maximum Gasteiger partial charge on any atom is 0.307 e. The first-order valence-corrected chi connectivity index (χ1v) is 13.4. The van der Waals surface area contributed by atoms with Crippen molar-refractivity contribution in [3.05, 3.63) is 94.3 Å². The second kappa shape index (κ2) is 11.9. The van der Waals surface area contributed by atoms with Crippen molar-refractivity contribution in [2.45, 2.75) is 84.7 Å². The van der Waals surface area contributed by atoms with Gasteiger partial charge in [-0.25, -0.2) is 0 Å². The van der Waals surface area contributed by atoms with Gasteiger partial charge in [-0.15, -0.1) is 0 Å². The van der Waals surface area contributed by atoms with E-state index in [1.807, 2.05) is 26.0 Å². The summed E-state index contributed by atoms with van der Waals surface area (Å²) in [5, 5.41) is 19.8. The predicted molar refractivity (Wildman–Crippen MR) is 153 cm³/mol. The van der Waals surface area contributed by atoms with Gasteiger partial charge in [-0.1, -0.05) is 76.2 Å². The molecule has 0 fully saturated rings. The molecule has 0 atom stereocenters. The van der Waals surface area contributed by atoms with E-state index in [2.05, 4.69) is 75.2 Å². The average molecular weight is 500 g/mol. The molecule has 0 amide bonds. The van der Waals surface area contributed by atoms with E-state index >= 15 is 0 Å². The van der Waals surface area contributed by atoms with Crippen molar-refractivity contribution in [3.8, 4) is 11.1 Å². The Hall–Kier alpha value is -3.24. The van der Waals surface area contributed by atoms with Crippen LogP contribution in [0.1, 0.15) is 86.8 Å². The third-order valence-corrected chi connectivity index (χ3v) is 8.07. The standard InChI is InChI=1S/C33H41NO3/c1-7-32(37,8-2)16-15-26-11-12-28(17-23(26)5)33(9-3,10-4)29-13-14-30(24(6)18-29)27-19-25(20-31(35)36)21-34-22-27/h11-19,21-22,37H,7-10,20H2,1-6H3,(H,35,36). The van der Waals surface area contributed by atoms with Crippen LogP contribution < -0.4 is 0 Å².